The summed E-state index contributed by atoms with van der Waals surface area (Å²) in [6, 6.07) is 7.58. The Kier molecular flexibility index (Phi) is 3.00. The predicted octanol–water partition coefficient (Wildman–Crippen LogP) is 0.938. The molecule has 0 saturated heterocycles. The maximum absolute atomic E-state index is 11.2. The Labute approximate surface area is 112 Å². The zero-order chi connectivity index (χ0) is 13.2. The number of benzene rings is 1. The third-order valence-corrected chi connectivity index (χ3v) is 3.46. The van der Waals surface area contributed by atoms with Crippen molar-refractivity contribution in [2.24, 2.45) is 0 Å². The predicted molar refractivity (Wildman–Crippen MR) is 68.8 cm³/mol. The van der Waals surface area contributed by atoms with Gasteiger partial charge in [-0.05, 0) is 22.6 Å². The summed E-state index contributed by atoms with van der Waals surface area (Å²) < 4.78 is 6.13. The number of rotatable bonds is 3. The Morgan fingerprint density at radius 3 is 3.11 bits per heavy atom. The smallest absolute Gasteiger partial charge is 0.316 e. The van der Waals surface area contributed by atoms with Crippen LogP contribution in [0.25, 0.3) is 16.6 Å². The van der Waals surface area contributed by atoms with Crippen LogP contribution >= 0.6 is 11.8 Å². The van der Waals surface area contributed by atoms with Crippen LogP contribution in [0.2, 0.25) is 0 Å². The highest BCUT2D eigenvalue weighted by atomic mass is 32.2. The van der Waals surface area contributed by atoms with Crippen LogP contribution in [-0.2, 0) is 9.53 Å². The number of methoxy groups -OCH3 is 1. The van der Waals surface area contributed by atoms with Crippen LogP contribution in [0.3, 0.4) is 0 Å². The summed E-state index contributed by atoms with van der Waals surface area (Å²) in [5, 5.41) is 13.0. The van der Waals surface area contributed by atoms with Gasteiger partial charge in [0.2, 0.25) is 0 Å². The molecule has 0 amide bonds. The lowest BCUT2D eigenvalue weighted by Gasteiger charge is -2.04. The number of tetrazole rings is 1. The lowest BCUT2D eigenvalue weighted by atomic mass is 10.2. The Morgan fingerprint density at radius 1 is 1.42 bits per heavy atom. The second-order valence-electron chi connectivity index (χ2n) is 3.69. The largest absolute Gasteiger partial charge is 0.468 e. The number of ether oxygens (including phenoxy) is 1. The number of hydrogen-bond acceptors (Lipinski definition) is 7. The molecule has 0 aliphatic heterocycles. The molecular formula is C11H9N5O2S. The molecule has 2 aromatic heterocycles. The Balaban J connectivity index is 2.11. The van der Waals surface area contributed by atoms with Crippen LogP contribution in [0.5, 0.6) is 0 Å². The van der Waals surface area contributed by atoms with E-state index in [1.165, 1.54) is 23.4 Å². The van der Waals surface area contributed by atoms with E-state index in [0.29, 0.717) is 10.8 Å². The highest BCUT2D eigenvalue weighted by molar-refractivity contribution is 7.99. The summed E-state index contributed by atoms with van der Waals surface area (Å²) in [5.74, 6) is -0.155. The van der Waals surface area contributed by atoms with Gasteiger partial charge in [0.05, 0.1) is 18.4 Å². The number of esters is 1. The maximum Gasteiger partial charge on any atom is 0.316 e. The average molecular weight is 275 g/mol. The number of carbonyl (C=O) groups excluding carboxylic acids is 1. The summed E-state index contributed by atoms with van der Waals surface area (Å²) in [5.41, 5.74) is 1.41. The SMILES string of the molecule is COC(=O)CSc1nc2ccccc2c2nnnn12. The van der Waals surface area contributed by atoms with E-state index in [2.05, 4.69) is 25.2 Å². The number of nitrogens with zero attached hydrogens (tertiary/aromatic N) is 5. The normalized spacial score (nSPS) is 11.0. The molecule has 19 heavy (non-hydrogen) atoms. The third-order valence-electron chi connectivity index (χ3n) is 2.56. The highest BCUT2D eigenvalue weighted by Crippen LogP contribution is 2.22. The van der Waals surface area contributed by atoms with E-state index < -0.39 is 0 Å². The molecule has 8 heteroatoms. The summed E-state index contributed by atoms with van der Waals surface area (Å²) in [7, 11) is 1.35. The number of fused-ring (bicyclic) bond motifs is 3. The fourth-order valence-corrected chi connectivity index (χ4v) is 2.44. The standard InChI is InChI=1S/C11H9N5O2S/c1-18-9(17)6-19-11-12-8-5-3-2-4-7(8)10-13-14-15-16(10)11/h2-5H,6H2,1H3. The monoisotopic (exact) mass is 275 g/mol. The van der Waals surface area contributed by atoms with Crippen LogP contribution in [0.4, 0.5) is 0 Å². The Morgan fingerprint density at radius 2 is 2.26 bits per heavy atom. The zero-order valence-corrected chi connectivity index (χ0v) is 10.8. The van der Waals surface area contributed by atoms with E-state index in [1.54, 1.807) is 0 Å². The molecule has 7 nitrogen and oxygen atoms in total. The fourth-order valence-electron chi connectivity index (χ4n) is 1.67. The average Bonchev–Trinajstić information content (AvgIpc) is 2.94. The molecular weight excluding hydrogens is 266 g/mol. The first kappa shape index (κ1) is 11.8. The second-order valence-corrected chi connectivity index (χ2v) is 4.63. The molecule has 96 valence electrons. The molecule has 1 aromatic carbocycles. The van der Waals surface area contributed by atoms with Crippen LogP contribution in [0.1, 0.15) is 0 Å². The van der Waals surface area contributed by atoms with Crippen LogP contribution < -0.4 is 0 Å². The number of para-hydroxylation sites is 1. The molecule has 0 saturated carbocycles. The van der Waals surface area contributed by atoms with Crippen molar-refractivity contribution in [3.63, 3.8) is 0 Å². The third kappa shape index (κ3) is 2.10. The molecule has 0 aliphatic rings. The lowest BCUT2D eigenvalue weighted by Crippen LogP contribution is -2.06. The van der Waals surface area contributed by atoms with E-state index in [9.17, 15) is 4.79 Å². The molecule has 3 aromatic rings. The molecule has 0 atom stereocenters. The molecule has 0 fully saturated rings. The molecule has 0 unspecified atom stereocenters. The first-order chi connectivity index (χ1) is 9.29. The summed E-state index contributed by atoms with van der Waals surface area (Å²) in [6.07, 6.45) is 0. The van der Waals surface area contributed by atoms with Gasteiger partial charge in [-0.2, -0.15) is 4.52 Å². The van der Waals surface area contributed by atoms with Gasteiger partial charge in [-0.25, -0.2) is 4.98 Å². The van der Waals surface area contributed by atoms with Crippen molar-refractivity contribution >= 4 is 34.3 Å². The van der Waals surface area contributed by atoms with Gasteiger partial charge in [0.25, 0.3) is 0 Å². The molecule has 0 N–H and O–H groups in total. The molecule has 0 bridgehead atoms. The zero-order valence-electron chi connectivity index (χ0n) is 9.98. The van der Waals surface area contributed by atoms with Crippen molar-refractivity contribution in [1.82, 2.24) is 25.0 Å². The lowest BCUT2D eigenvalue weighted by molar-refractivity contribution is -0.137. The first-order valence-corrected chi connectivity index (χ1v) is 6.44. The van der Waals surface area contributed by atoms with Crippen molar-refractivity contribution in [3.8, 4) is 0 Å². The van der Waals surface area contributed by atoms with E-state index in [0.717, 1.165) is 10.9 Å². The van der Waals surface area contributed by atoms with E-state index in [4.69, 9.17) is 0 Å². The van der Waals surface area contributed by atoms with Crippen molar-refractivity contribution in [2.75, 3.05) is 12.9 Å². The quantitative estimate of drug-likeness (QED) is 0.399. The highest BCUT2D eigenvalue weighted by Gasteiger charge is 2.12. The minimum absolute atomic E-state index is 0.163. The second kappa shape index (κ2) is 4.81. The van der Waals surface area contributed by atoms with Crippen LogP contribution in [0.15, 0.2) is 29.4 Å². The number of aromatic nitrogens is 5. The molecule has 0 radical (unpaired) electrons. The summed E-state index contributed by atoms with van der Waals surface area (Å²) in [4.78, 5) is 15.6. The van der Waals surface area contributed by atoms with Crippen molar-refractivity contribution in [2.45, 2.75) is 5.16 Å². The first-order valence-electron chi connectivity index (χ1n) is 5.46. The van der Waals surface area contributed by atoms with Gasteiger partial charge < -0.3 is 4.74 Å². The molecule has 0 aliphatic carbocycles. The van der Waals surface area contributed by atoms with Gasteiger partial charge in [0.15, 0.2) is 10.8 Å². The van der Waals surface area contributed by atoms with Gasteiger partial charge in [-0.3, -0.25) is 4.79 Å². The summed E-state index contributed by atoms with van der Waals surface area (Å²) in [6.45, 7) is 0. The van der Waals surface area contributed by atoms with E-state index in [1.807, 2.05) is 24.3 Å². The van der Waals surface area contributed by atoms with Crippen LogP contribution in [0, 0.1) is 0 Å². The van der Waals surface area contributed by atoms with Gasteiger partial charge in [-0.1, -0.05) is 23.9 Å². The summed E-state index contributed by atoms with van der Waals surface area (Å²) >= 11 is 1.24. The number of carbonyl (C=O) groups is 1. The molecule has 2 heterocycles. The maximum atomic E-state index is 11.2. The number of hydrogen-bond donors (Lipinski definition) is 0. The van der Waals surface area contributed by atoms with Crippen molar-refractivity contribution in [1.29, 1.82) is 0 Å². The number of thioether (sulfide) groups is 1. The van der Waals surface area contributed by atoms with Crippen molar-refractivity contribution in [3.05, 3.63) is 24.3 Å². The van der Waals surface area contributed by atoms with Gasteiger partial charge in [0.1, 0.15) is 0 Å². The van der Waals surface area contributed by atoms with Gasteiger partial charge in [-0.15, -0.1) is 5.10 Å². The minimum atomic E-state index is -0.318. The van der Waals surface area contributed by atoms with Gasteiger partial charge in [0, 0.05) is 5.39 Å². The van der Waals surface area contributed by atoms with Gasteiger partial charge >= 0.3 is 5.97 Å². The minimum Gasteiger partial charge on any atom is -0.468 e. The molecule has 3 rings (SSSR count). The van der Waals surface area contributed by atoms with Crippen LogP contribution in [-0.4, -0.2) is 43.9 Å². The Bertz CT molecular complexity index is 757. The topological polar surface area (TPSA) is 82.3 Å². The molecule has 0 spiro atoms. The van der Waals surface area contributed by atoms with E-state index >= 15 is 0 Å². The fraction of sp³-hybridized carbons (Fsp3) is 0.182. The Hall–Kier alpha value is -2.22. The van der Waals surface area contributed by atoms with E-state index in [-0.39, 0.29) is 11.7 Å². The van der Waals surface area contributed by atoms with Crippen molar-refractivity contribution < 1.29 is 9.53 Å².